The lowest BCUT2D eigenvalue weighted by Crippen LogP contribution is -2.39. The first-order valence-electron chi connectivity index (χ1n) is 12.5. The van der Waals surface area contributed by atoms with E-state index in [0.717, 1.165) is 53.5 Å². The van der Waals surface area contributed by atoms with Gasteiger partial charge in [0.2, 0.25) is 5.91 Å². The molecule has 192 valence electrons. The van der Waals surface area contributed by atoms with Crippen molar-refractivity contribution in [2.75, 3.05) is 13.2 Å². The van der Waals surface area contributed by atoms with E-state index in [1.807, 2.05) is 67.1 Å². The molecule has 0 spiro atoms. The van der Waals surface area contributed by atoms with E-state index in [9.17, 15) is 9.90 Å². The van der Waals surface area contributed by atoms with Gasteiger partial charge in [0, 0.05) is 66.6 Å². The van der Waals surface area contributed by atoms with Crippen molar-refractivity contribution in [2.24, 2.45) is 13.0 Å². The van der Waals surface area contributed by atoms with Crippen molar-refractivity contribution in [2.45, 2.75) is 37.8 Å². The maximum atomic E-state index is 12.3. The van der Waals surface area contributed by atoms with Gasteiger partial charge < -0.3 is 15.5 Å². The molecule has 1 atom stereocenters. The Morgan fingerprint density at radius 1 is 0.973 bits per heavy atom. The molecule has 1 aromatic carbocycles. The third kappa shape index (κ3) is 5.76. The number of rotatable bonds is 8. The van der Waals surface area contributed by atoms with Crippen LogP contribution in [0.1, 0.15) is 31.7 Å². The minimum Gasteiger partial charge on any atom is -0.394 e. The zero-order valence-corrected chi connectivity index (χ0v) is 20.7. The number of aliphatic hydroxyl groups is 2. The zero-order valence-electron chi connectivity index (χ0n) is 20.7. The molecular weight excluding hydrogens is 470 g/mol. The fraction of sp³-hybridized carbons (Fsp3) is 0.370. The van der Waals surface area contributed by atoms with Gasteiger partial charge >= 0.3 is 0 Å². The molecule has 1 aliphatic rings. The summed E-state index contributed by atoms with van der Waals surface area (Å²) in [6, 6.07) is 8.34. The number of aliphatic hydroxyl groups excluding tert-OH is 2. The van der Waals surface area contributed by atoms with Crippen molar-refractivity contribution in [1.82, 2.24) is 34.8 Å². The topological polar surface area (TPSA) is 131 Å². The number of nitrogens with one attached hydrogen (secondary N) is 1. The second-order valence-electron chi connectivity index (χ2n) is 9.57. The highest BCUT2D eigenvalue weighted by atomic mass is 16.3. The van der Waals surface area contributed by atoms with Gasteiger partial charge in [0.15, 0.2) is 5.82 Å². The molecule has 1 aliphatic carbocycles. The van der Waals surface area contributed by atoms with Crippen LogP contribution in [0.25, 0.3) is 33.6 Å². The summed E-state index contributed by atoms with van der Waals surface area (Å²) < 4.78 is 3.76. The lowest BCUT2D eigenvalue weighted by atomic mass is 9.85. The van der Waals surface area contributed by atoms with Gasteiger partial charge in [-0.05, 0) is 37.3 Å². The fourth-order valence-electron chi connectivity index (χ4n) is 4.75. The minimum absolute atomic E-state index is 0.0599. The molecule has 10 nitrogen and oxygen atoms in total. The number of carbonyl (C=O) groups is 1. The molecule has 3 aromatic heterocycles. The molecule has 1 saturated carbocycles. The van der Waals surface area contributed by atoms with Gasteiger partial charge in [0.25, 0.3) is 0 Å². The molecule has 1 unspecified atom stereocenters. The van der Waals surface area contributed by atoms with Crippen molar-refractivity contribution in [3.8, 4) is 33.6 Å². The van der Waals surface area contributed by atoms with E-state index in [0.29, 0.717) is 5.82 Å². The predicted octanol–water partition coefficient (Wildman–Crippen LogP) is 2.61. The Kier molecular flexibility index (Phi) is 7.38. The van der Waals surface area contributed by atoms with Crippen LogP contribution in [0.5, 0.6) is 0 Å². The average molecular weight is 502 g/mol. The maximum absolute atomic E-state index is 12.3. The molecule has 0 saturated heterocycles. The van der Waals surface area contributed by atoms with Crippen LogP contribution in [0.4, 0.5) is 0 Å². The van der Waals surface area contributed by atoms with Gasteiger partial charge in [0.05, 0.1) is 31.1 Å². The van der Waals surface area contributed by atoms with Crippen molar-refractivity contribution in [1.29, 1.82) is 0 Å². The van der Waals surface area contributed by atoms with Crippen LogP contribution in [0.3, 0.4) is 0 Å². The van der Waals surface area contributed by atoms with Crippen molar-refractivity contribution in [3.63, 3.8) is 0 Å². The normalized spacial score (nSPS) is 18.5. The Morgan fingerprint density at radius 2 is 1.68 bits per heavy atom. The fourth-order valence-corrected chi connectivity index (χ4v) is 4.75. The van der Waals surface area contributed by atoms with E-state index in [4.69, 9.17) is 5.11 Å². The summed E-state index contributed by atoms with van der Waals surface area (Å²) in [5.74, 6) is 0.523. The molecular formula is C27H31N7O3. The van der Waals surface area contributed by atoms with Crippen LogP contribution in [-0.2, 0) is 11.8 Å². The Morgan fingerprint density at radius 3 is 2.38 bits per heavy atom. The van der Waals surface area contributed by atoms with E-state index < -0.39 is 6.10 Å². The Bertz CT molecular complexity index is 1340. The SMILES string of the molecule is Cn1cc(-c2cccc(-c3ncc(-c4cnn([C@H]5CC[C@H](C(=O)NCC(O)CO)CC5)c4)cn3)c2)cn1. The summed E-state index contributed by atoms with van der Waals surface area (Å²) in [5, 5.41) is 29.9. The minimum atomic E-state index is -0.919. The van der Waals surface area contributed by atoms with Gasteiger partial charge in [-0.15, -0.1) is 0 Å². The van der Waals surface area contributed by atoms with Crippen LogP contribution in [0.2, 0.25) is 0 Å². The molecule has 1 fully saturated rings. The number of hydrogen-bond donors (Lipinski definition) is 3. The highest BCUT2D eigenvalue weighted by Gasteiger charge is 2.27. The number of aryl methyl sites for hydroxylation is 1. The highest BCUT2D eigenvalue weighted by molar-refractivity contribution is 5.78. The van der Waals surface area contributed by atoms with E-state index in [1.54, 1.807) is 4.68 Å². The first-order valence-corrected chi connectivity index (χ1v) is 12.5. The van der Waals surface area contributed by atoms with Gasteiger partial charge in [0.1, 0.15) is 0 Å². The summed E-state index contributed by atoms with van der Waals surface area (Å²) >= 11 is 0. The van der Waals surface area contributed by atoms with E-state index >= 15 is 0 Å². The van der Waals surface area contributed by atoms with Crippen LogP contribution >= 0.6 is 0 Å². The van der Waals surface area contributed by atoms with Crippen molar-refractivity contribution in [3.05, 3.63) is 61.4 Å². The largest absolute Gasteiger partial charge is 0.394 e. The highest BCUT2D eigenvalue weighted by Crippen LogP contribution is 2.33. The third-order valence-corrected chi connectivity index (χ3v) is 6.91. The molecule has 10 heteroatoms. The van der Waals surface area contributed by atoms with Crippen LogP contribution in [0.15, 0.2) is 61.4 Å². The third-order valence-electron chi connectivity index (χ3n) is 6.91. The number of carbonyl (C=O) groups excluding carboxylic acids is 1. The van der Waals surface area contributed by atoms with Crippen molar-refractivity contribution < 1.29 is 15.0 Å². The van der Waals surface area contributed by atoms with Crippen LogP contribution < -0.4 is 5.32 Å². The van der Waals surface area contributed by atoms with Gasteiger partial charge in [-0.1, -0.05) is 18.2 Å². The molecule has 0 bridgehead atoms. The summed E-state index contributed by atoms with van der Waals surface area (Å²) in [4.78, 5) is 21.5. The monoisotopic (exact) mass is 501 g/mol. The molecule has 0 radical (unpaired) electrons. The molecule has 37 heavy (non-hydrogen) atoms. The summed E-state index contributed by atoms with van der Waals surface area (Å²) in [6.45, 7) is -0.281. The van der Waals surface area contributed by atoms with E-state index in [1.165, 1.54) is 0 Å². The van der Waals surface area contributed by atoms with Gasteiger partial charge in [-0.25, -0.2) is 9.97 Å². The quantitative estimate of drug-likeness (QED) is 0.338. The Labute approximate surface area is 215 Å². The molecule has 5 rings (SSSR count). The smallest absolute Gasteiger partial charge is 0.223 e. The second-order valence-corrected chi connectivity index (χ2v) is 9.57. The zero-order chi connectivity index (χ0) is 25.8. The standard InChI is InChI=1S/C27H31N7O3/c1-33-15-22(12-31-33)19-3-2-4-20(9-19)26-28-10-21(11-29-26)23-13-32-34(16-23)24-7-5-18(6-8-24)27(37)30-14-25(36)17-35/h2-4,9-13,15-16,18,24-25,35-36H,5-8,14,17H2,1H3,(H,30,37)/t18-,24-,25?. The Hall–Kier alpha value is -3.89. The summed E-state index contributed by atoms with van der Waals surface area (Å²) in [6.07, 6.45) is 13.6. The second kappa shape index (κ2) is 11.0. The lowest BCUT2D eigenvalue weighted by molar-refractivity contribution is -0.126. The predicted molar refractivity (Wildman–Crippen MR) is 138 cm³/mol. The number of hydrogen-bond acceptors (Lipinski definition) is 7. The molecule has 1 amide bonds. The first kappa shape index (κ1) is 24.8. The maximum Gasteiger partial charge on any atom is 0.223 e. The molecule has 0 aliphatic heterocycles. The average Bonchev–Trinajstić information content (AvgIpc) is 3.61. The Balaban J connectivity index is 1.21. The number of aromatic nitrogens is 6. The van der Waals surface area contributed by atoms with Gasteiger partial charge in [-0.2, -0.15) is 10.2 Å². The number of amides is 1. The molecule has 4 aromatic rings. The van der Waals surface area contributed by atoms with E-state index in [-0.39, 0.29) is 31.0 Å². The molecule has 3 heterocycles. The summed E-state index contributed by atoms with van der Waals surface area (Å²) in [5.41, 5.74) is 4.90. The lowest BCUT2D eigenvalue weighted by Gasteiger charge is -2.28. The number of benzene rings is 1. The number of nitrogens with zero attached hydrogens (tertiary/aromatic N) is 6. The van der Waals surface area contributed by atoms with Crippen LogP contribution in [-0.4, -0.2) is 64.9 Å². The van der Waals surface area contributed by atoms with E-state index in [2.05, 4.69) is 31.5 Å². The van der Waals surface area contributed by atoms with Crippen molar-refractivity contribution >= 4 is 5.91 Å². The molecule has 3 N–H and O–H groups in total. The summed E-state index contributed by atoms with van der Waals surface area (Å²) in [7, 11) is 1.90. The van der Waals surface area contributed by atoms with Gasteiger partial charge in [-0.3, -0.25) is 14.2 Å². The first-order chi connectivity index (χ1) is 18.0. The van der Waals surface area contributed by atoms with Crippen LogP contribution in [0, 0.1) is 5.92 Å².